The van der Waals surface area contributed by atoms with Gasteiger partial charge in [-0.25, -0.2) is 0 Å². The second-order valence-electron chi connectivity index (χ2n) is 13.4. The molecule has 52 heavy (non-hydrogen) atoms. The Balaban J connectivity index is 1.29. The van der Waals surface area contributed by atoms with Crippen molar-refractivity contribution in [3.05, 3.63) is 176 Å². The lowest BCUT2D eigenvalue weighted by Crippen LogP contribution is -1.93. The molecule has 1 N–H and O–H groups in total. The summed E-state index contributed by atoms with van der Waals surface area (Å²) in [6.07, 6.45) is 0. The molecule has 0 spiro atoms. The van der Waals surface area contributed by atoms with Crippen molar-refractivity contribution in [2.24, 2.45) is 0 Å². The first-order chi connectivity index (χ1) is 25.8. The number of phenolic OH excluding ortho intramolecular Hbond substituents is 1. The van der Waals surface area contributed by atoms with E-state index in [1.807, 2.05) is 36.4 Å². The number of hydrogen-bond donors (Lipinski definition) is 1. The molecule has 0 amide bonds. The zero-order valence-corrected chi connectivity index (χ0v) is 28.0. The lowest BCUT2D eigenvalue weighted by atomic mass is 9.89. The first-order valence-corrected chi connectivity index (χ1v) is 17.6. The van der Waals surface area contributed by atoms with Crippen LogP contribution < -0.4 is 0 Å². The van der Waals surface area contributed by atoms with Gasteiger partial charge in [0.25, 0.3) is 0 Å². The Morgan fingerprint density at radius 2 is 0.846 bits per heavy atom. The Labute approximate surface area is 298 Å². The quantitative estimate of drug-likeness (QED) is 0.203. The molecule has 0 fully saturated rings. The number of aromatic nitrogens is 2. The van der Waals surface area contributed by atoms with Gasteiger partial charge in [-0.05, 0) is 71.8 Å². The number of hydrogen-bond acceptors (Lipinski definition) is 2. The highest BCUT2D eigenvalue weighted by molar-refractivity contribution is 6.24. The van der Waals surface area contributed by atoms with E-state index in [2.05, 4.69) is 149 Å². The number of furan rings is 1. The van der Waals surface area contributed by atoms with E-state index < -0.39 is 0 Å². The van der Waals surface area contributed by atoms with Crippen molar-refractivity contribution in [2.45, 2.75) is 0 Å². The van der Waals surface area contributed by atoms with Crippen LogP contribution in [0.1, 0.15) is 0 Å². The van der Waals surface area contributed by atoms with E-state index in [0.29, 0.717) is 0 Å². The SMILES string of the molecule is Oc1c(-c2cccc3c2c2ccccc2n3-c2ccccc2)cc2oc3ccccc3c2c1-c1cccc2c1c1ccccc1n2-c1ccccc1. The molecule has 0 atom stereocenters. The lowest BCUT2D eigenvalue weighted by Gasteiger charge is -2.15. The van der Waals surface area contributed by atoms with Crippen LogP contribution in [0, 0.1) is 0 Å². The molecule has 0 aliphatic rings. The van der Waals surface area contributed by atoms with Crippen LogP contribution in [-0.4, -0.2) is 14.2 Å². The second kappa shape index (κ2) is 11.0. The van der Waals surface area contributed by atoms with Gasteiger partial charge in [-0.15, -0.1) is 0 Å². The van der Waals surface area contributed by atoms with Crippen molar-refractivity contribution in [1.82, 2.24) is 9.13 Å². The normalized spacial score (nSPS) is 11.9. The van der Waals surface area contributed by atoms with E-state index in [1.165, 1.54) is 0 Å². The third-order valence-electron chi connectivity index (χ3n) is 10.6. The second-order valence-corrected chi connectivity index (χ2v) is 13.4. The number of para-hydroxylation sites is 5. The molecule has 0 bridgehead atoms. The monoisotopic (exact) mass is 666 g/mol. The molecular weight excluding hydrogens is 637 g/mol. The standard InChI is InChI=1S/C48H30N2O2/c51-48-37(32-22-13-26-40-44(32)33-19-7-10-24-38(33)49(40)30-15-3-1-4-16-30)29-43-46(35-21-9-12-28-42(35)52-43)47(48)36-23-14-27-41-45(36)34-20-8-11-25-39(34)50(41)31-17-5-2-6-18-31/h1-29,51H. The molecule has 0 aliphatic heterocycles. The Hall–Kier alpha value is -7.04. The van der Waals surface area contributed by atoms with Crippen molar-refractivity contribution in [2.75, 3.05) is 0 Å². The third-order valence-corrected chi connectivity index (χ3v) is 10.6. The summed E-state index contributed by atoms with van der Waals surface area (Å²) in [5.74, 6) is 0.229. The average Bonchev–Trinajstić information content (AvgIpc) is 3.86. The molecule has 0 aliphatic carbocycles. The molecule has 11 rings (SSSR count). The molecule has 0 saturated heterocycles. The fourth-order valence-electron chi connectivity index (χ4n) is 8.53. The van der Waals surface area contributed by atoms with Crippen LogP contribution in [-0.2, 0) is 0 Å². The molecule has 0 saturated carbocycles. The summed E-state index contributed by atoms with van der Waals surface area (Å²) in [6.45, 7) is 0. The molecule has 4 nitrogen and oxygen atoms in total. The van der Waals surface area contributed by atoms with Crippen LogP contribution in [0.15, 0.2) is 180 Å². The number of rotatable bonds is 4. The van der Waals surface area contributed by atoms with E-state index in [-0.39, 0.29) is 5.75 Å². The first kappa shape index (κ1) is 28.8. The average molecular weight is 667 g/mol. The van der Waals surface area contributed by atoms with Crippen molar-refractivity contribution >= 4 is 65.6 Å². The van der Waals surface area contributed by atoms with Crippen molar-refractivity contribution < 1.29 is 9.52 Å². The number of nitrogens with zero attached hydrogens (tertiary/aromatic N) is 2. The predicted octanol–water partition coefficient (Wildman–Crippen LogP) is 12.8. The van der Waals surface area contributed by atoms with Gasteiger partial charge >= 0.3 is 0 Å². The predicted molar refractivity (Wildman–Crippen MR) is 215 cm³/mol. The molecule has 3 heterocycles. The van der Waals surface area contributed by atoms with Crippen LogP contribution >= 0.6 is 0 Å². The van der Waals surface area contributed by atoms with Crippen LogP contribution in [0.4, 0.5) is 0 Å². The molecule has 244 valence electrons. The minimum absolute atomic E-state index is 0.229. The fourth-order valence-corrected chi connectivity index (χ4v) is 8.53. The highest BCUT2D eigenvalue weighted by Crippen LogP contribution is 2.51. The molecule has 0 radical (unpaired) electrons. The minimum Gasteiger partial charge on any atom is -0.507 e. The molecule has 3 aromatic heterocycles. The van der Waals surface area contributed by atoms with Gasteiger partial charge in [0.2, 0.25) is 0 Å². The van der Waals surface area contributed by atoms with Gasteiger partial charge in [0.15, 0.2) is 0 Å². The summed E-state index contributed by atoms with van der Waals surface area (Å²) < 4.78 is 11.3. The first-order valence-electron chi connectivity index (χ1n) is 17.6. The maximum Gasteiger partial charge on any atom is 0.136 e. The largest absolute Gasteiger partial charge is 0.507 e. The zero-order valence-electron chi connectivity index (χ0n) is 28.0. The van der Waals surface area contributed by atoms with E-state index >= 15 is 0 Å². The van der Waals surface area contributed by atoms with Gasteiger partial charge in [-0.1, -0.05) is 115 Å². The van der Waals surface area contributed by atoms with Gasteiger partial charge < -0.3 is 18.7 Å². The van der Waals surface area contributed by atoms with Gasteiger partial charge in [0, 0.05) is 54.8 Å². The van der Waals surface area contributed by atoms with Crippen molar-refractivity contribution in [3.63, 3.8) is 0 Å². The Kier molecular flexibility index (Phi) is 6.07. The van der Waals surface area contributed by atoms with E-state index in [4.69, 9.17) is 4.42 Å². The highest BCUT2D eigenvalue weighted by atomic mass is 16.3. The summed E-state index contributed by atoms with van der Waals surface area (Å²) in [5, 5.41) is 19.2. The molecule has 8 aromatic carbocycles. The van der Waals surface area contributed by atoms with Crippen molar-refractivity contribution in [1.29, 1.82) is 0 Å². The van der Waals surface area contributed by atoms with Crippen molar-refractivity contribution in [3.8, 4) is 39.4 Å². The van der Waals surface area contributed by atoms with Crippen LogP contribution in [0.2, 0.25) is 0 Å². The Morgan fingerprint density at radius 3 is 1.46 bits per heavy atom. The summed E-state index contributed by atoms with van der Waals surface area (Å²) in [5.41, 5.74) is 11.5. The summed E-state index contributed by atoms with van der Waals surface area (Å²) >= 11 is 0. The maximum atomic E-state index is 12.9. The summed E-state index contributed by atoms with van der Waals surface area (Å²) in [4.78, 5) is 0. The Bertz CT molecular complexity index is 3180. The molecule has 0 unspecified atom stereocenters. The van der Waals surface area contributed by atoms with Crippen LogP contribution in [0.25, 0.3) is 99.2 Å². The number of phenols is 1. The van der Waals surface area contributed by atoms with Gasteiger partial charge in [0.1, 0.15) is 16.9 Å². The molecule has 4 heteroatoms. The zero-order chi connectivity index (χ0) is 34.3. The summed E-state index contributed by atoms with van der Waals surface area (Å²) in [7, 11) is 0. The topological polar surface area (TPSA) is 43.2 Å². The molecular formula is C48H30N2O2. The van der Waals surface area contributed by atoms with E-state index in [0.717, 1.165) is 99.2 Å². The van der Waals surface area contributed by atoms with E-state index in [1.54, 1.807) is 0 Å². The highest BCUT2D eigenvalue weighted by Gasteiger charge is 2.26. The molecule has 11 aromatic rings. The fraction of sp³-hybridized carbons (Fsp3) is 0. The van der Waals surface area contributed by atoms with Crippen LogP contribution in [0.3, 0.4) is 0 Å². The maximum absolute atomic E-state index is 12.9. The van der Waals surface area contributed by atoms with Crippen LogP contribution in [0.5, 0.6) is 5.75 Å². The smallest absolute Gasteiger partial charge is 0.136 e. The van der Waals surface area contributed by atoms with Gasteiger partial charge in [0.05, 0.1) is 22.1 Å². The lowest BCUT2D eigenvalue weighted by molar-refractivity contribution is 0.480. The minimum atomic E-state index is 0.229. The van der Waals surface area contributed by atoms with Gasteiger partial charge in [-0.3, -0.25) is 0 Å². The van der Waals surface area contributed by atoms with Gasteiger partial charge in [-0.2, -0.15) is 0 Å². The Morgan fingerprint density at radius 1 is 0.365 bits per heavy atom. The van der Waals surface area contributed by atoms with E-state index in [9.17, 15) is 5.11 Å². The summed E-state index contributed by atoms with van der Waals surface area (Å²) in [6, 6.07) is 61.0. The number of benzene rings is 8. The number of fused-ring (bicyclic) bond motifs is 9. The number of aromatic hydroxyl groups is 1. The third kappa shape index (κ3) is 3.97.